The van der Waals surface area contributed by atoms with Gasteiger partial charge in [0.15, 0.2) is 0 Å². The Bertz CT molecular complexity index is 130. The van der Waals surface area contributed by atoms with E-state index in [1.807, 2.05) is 0 Å². The van der Waals surface area contributed by atoms with Gasteiger partial charge in [-0.1, -0.05) is 0 Å². The van der Waals surface area contributed by atoms with Crippen LogP contribution >= 0.6 is 12.6 Å². The van der Waals surface area contributed by atoms with Crippen LogP contribution in [0.1, 0.15) is 6.42 Å². The van der Waals surface area contributed by atoms with Crippen LogP contribution < -0.4 is 0 Å². The number of likely N-dealkylation sites (tertiary alicyclic amines) is 1. The van der Waals surface area contributed by atoms with E-state index in [2.05, 4.69) is 36.5 Å². The predicted molar refractivity (Wildman–Crippen MR) is 57.0 cm³/mol. The lowest BCUT2D eigenvalue weighted by Gasteiger charge is -2.19. The number of thiol groups is 1. The van der Waals surface area contributed by atoms with Crippen LogP contribution in [0.25, 0.3) is 0 Å². The van der Waals surface area contributed by atoms with Gasteiger partial charge < -0.3 is 9.80 Å². The number of hydrogen-bond acceptors (Lipinski definition) is 3. The lowest BCUT2D eigenvalue weighted by Crippen LogP contribution is -2.28. The molecule has 1 heterocycles. The molecule has 1 aliphatic heterocycles. The predicted octanol–water partition coefficient (Wildman–Crippen LogP) is 0.800. The van der Waals surface area contributed by atoms with Gasteiger partial charge in [-0.05, 0) is 33.0 Å². The van der Waals surface area contributed by atoms with E-state index >= 15 is 0 Å². The van der Waals surface area contributed by atoms with Gasteiger partial charge in [0.25, 0.3) is 0 Å². The van der Waals surface area contributed by atoms with E-state index in [1.54, 1.807) is 0 Å². The number of hydrogen-bond donors (Lipinski definition) is 1. The SMILES string of the molecule is CN(CCS)CC1CCN(C)C1. The van der Waals surface area contributed by atoms with Crippen molar-refractivity contribution in [3.05, 3.63) is 0 Å². The molecule has 2 nitrogen and oxygen atoms in total. The zero-order valence-corrected chi connectivity index (χ0v) is 9.06. The molecule has 0 radical (unpaired) electrons. The van der Waals surface area contributed by atoms with Crippen molar-refractivity contribution < 1.29 is 0 Å². The second kappa shape index (κ2) is 5.10. The van der Waals surface area contributed by atoms with Crippen LogP contribution in [0.4, 0.5) is 0 Å². The number of rotatable bonds is 4. The Morgan fingerprint density at radius 3 is 2.83 bits per heavy atom. The zero-order chi connectivity index (χ0) is 8.97. The van der Waals surface area contributed by atoms with Gasteiger partial charge >= 0.3 is 0 Å². The minimum absolute atomic E-state index is 0.889. The van der Waals surface area contributed by atoms with Crippen molar-refractivity contribution in [3.8, 4) is 0 Å². The lowest BCUT2D eigenvalue weighted by molar-refractivity contribution is 0.287. The first-order valence-electron chi connectivity index (χ1n) is 4.70. The summed E-state index contributed by atoms with van der Waals surface area (Å²) in [4.78, 5) is 4.80. The third-order valence-corrected chi connectivity index (χ3v) is 2.74. The molecule has 1 atom stereocenters. The highest BCUT2D eigenvalue weighted by Crippen LogP contribution is 2.14. The molecule has 0 amide bonds. The van der Waals surface area contributed by atoms with E-state index in [0.29, 0.717) is 0 Å². The minimum atomic E-state index is 0.889. The maximum absolute atomic E-state index is 4.22. The number of nitrogens with zero attached hydrogens (tertiary/aromatic N) is 2. The molecule has 0 aliphatic carbocycles. The van der Waals surface area contributed by atoms with Crippen molar-refractivity contribution in [2.24, 2.45) is 5.92 Å². The lowest BCUT2D eigenvalue weighted by atomic mass is 10.1. The third kappa shape index (κ3) is 3.33. The fraction of sp³-hybridized carbons (Fsp3) is 1.00. The fourth-order valence-electron chi connectivity index (χ4n) is 1.88. The van der Waals surface area contributed by atoms with Crippen LogP contribution in [-0.4, -0.2) is 55.8 Å². The van der Waals surface area contributed by atoms with Crippen LogP contribution in [0.5, 0.6) is 0 Å². The highest BCUT2D eigenvalue weighted by atomic mass is 32.1. The second-order valence-corrected chi connectivity index (χ2v) is 4.35. The maximum atomic E-state index is 4.22. The largest absolute Gasteiger partial charge is 0.306 e. The Kier molecular flexibility index (Phi) is 4.40. The van der Waals surface area contributed by atoms with E-state index < -0.39 is 0 Å². The first kappa shape index (κ1) is 10.4. The molecule has 1 saturated heterocycles. The maximum Gasteiger partial charge on any atom is 0.00669 e. The van der Waals surface area contributed by atoms with Crippen molar-refractivity contribution in [1.29, 1.82) is 0 Å². The van der Waals surface area contributed by atoms with Crippen molar-refractivity contribution in [3.63, 3.8) is 0 Å². The molecular weight excluding hydrogens is 168 g/mol. The summed E-state index contributed by atoms with van der Waals surface area (Å²) in [5.41, 5.74) is 0. The Hall–Kier alpha value is 0.270. The van der Waals surface area contributed by atoms with Gasteiger partial charge in [0.1, 0.15) is 0 Å². The monoisotopic (exact) mass is 188 g/mol. The smallest absolute Gasteiger partial charge is 0.00669 e. The van der Waals surface area contributed by atoms with E-state index in [4.69, 9.17) is 0 Å². The molecule has 0 bridgehead atoms. The van der Waals surface area contributed by atoms with Gasteiger partial charge in [-0.15, -0.1) is 0 Å². The van der Waals surface area contributed by atoms with Gasteiger partial charge in [-0.25, -0.2) is 0 Å². The average molecular weight is 188 g/mol. The van der Waals surface area contributed by atoms with Crippen LogP contribution in [0, 0.1) is 5.92 Å². The van der Waals surface area contributed by atoms with Crippen LogP contribution in [0.3, 0.4) is 0 Å². The highest BCUT2D eigenvalue weighted by Gasteiger charge is 2.20. The summed E-state index contributed by atoms with van der Waals surface area (Å²) >= 11 is 4.22. The topological polar surface area (TPSA) is 6.48 Å². The molecule has 72 valence electrons. The second-order valence-electron chi connectivity index (χ2n) is 3.90. The highest BCUT2D eigenvalue weighted by molar-refractivity contribution is 7.80. The summed E-state index contributed by atoms with van der Waals surface area (Å²) < 4.78 is 0. The molecule has 1 fully saturated rings. The normalized spacial score (nSPS) is 25.5. The molecular formula is C9H20N2S. The Morgan fingerprint density at radius 2 is 2.33 bits per heavy atom. The standard InChI is InChI=1S/C9H20N2S/c1-10-4-3-9(7-10)8-11(2)5-6-12/h9,12H,3-8H2,1-2H3. The van der Waals surface area contributed by atoms with Crippen LogP contribution in [-0.2, 0) is 0 Å². The summed E-state index contributed by atoms with van der Waals surface area (Å²) in [7, 11) is 4.40. The zero-order valence-electron chi connectivity index (χ0n) is 8.16. The van der Waals surface area contributed by atoms with Crippen molar-refractivity contribution >= 4 is 12.6 Å². The molecule has 1 rings (SSSR count). The Morgan fingerprint density at radius 1 is 1.58 bits per heavy atom. The van der Waals surface area contributed by atoms with E-state index in [1.165, 1.54) is 26.1 Å². The Balaban J connectivity index is 2.14. The van der Waals surface area contributed by atoms with Crippen LogP contribution in [0.15, 0.2) is 0 Å². The van der Waals surface area contributed by atoms with Crippen LogP contribution in [0.2, 0.25) is 0 Å². The van der Waals surface area contributed by atoms with Gasteiger partial charge in [-0.2, -0.15) is 12.6 Å². The van der Waals surface area contributed by atoms with Crippen molar-refractivity contribution in [2.75, 3.05) is 46.0 Å². The Labute approximate surface area is 81.3 Å². The van der Waals surface area contributed by atoms with Gasteiger partial charge in [0.2, 0.25) is 0 Å². The van der Waals surface area contributed by atoms with Gasteiger partial charge in [-0.3, -0.25) is 0 Å². The fourth-order valence-corrected chi connectivity index (χ4v) is 2.22. The third-order valence-electron chi connectivity index (χ3n) is 2.54. The molecule has 0 aromatic heterocycles. The first-order chi connectivity index (χ1) is 5.72. The molecule has 0 N–H and O–H groups in total. The molecule has 0 saturated carbocycles. The minimum Gasteiger partial charge on any atom is -0.306 e. The van der Waals surface area contributed by atoms with Crippen molar-refractivity contribution in [1.82, 2.24) is 9.80 Å². The average Bonchev–Trinajstić information content (AvgIpc) is 2.36. The van der Waals surface area contributed by atoms with Gasteiger partial charge in [0, 0.05) is 25.4 Å². The quantitative estimate of drug-likeness (QED) is 0.652. The summed E-state index contributed by atoms with van der Waals surface area (Å²) in [5, 5.41) is 0. The molecule has 1 aliphatic rings. The summed E-state index contributed by atoms with van der Waals surface area (Å²) in [5.74, 6) is 1.86. The van der Waals surface area contributed by atoms with E-state index in [0.717, 1.165) is 18.2 Å². The molecule has 3 heteroatoms. The summed E-state index contributed by atoms with van der Waals surface area (Å²) in [6.07, 6.45) is 1.37. The molecule has 0 aromatic rings. The molecule has 1 unspecified atom stereocenters. The van der Waals surface area contributed by atoms with Gasteiger partial charge in [0.05, 0.1) is 0 Å². The molecule has 0 spiro atoms. The summed E-state index contributed by atoms with van der Waals surface area (Å²) in [6.45, 7) is 4.91. The van der Waals surface area contributed by atoms with E-state index in [9.17, 15) is 0 Å². The van der Waals surface area contributed by atoms with E-state index in [-0.39, 0.29) is 0 Å². The first-order valence-corrected chi connectivity index (χ1v) is 5.33. The molecule has 0 aromatic carbocycles. The summed E-state index contributed by atoms with van der Waals surface area (Å²) in [6, 6.07) is 0. The molecule has 12 heavy (non-hydrogen) atoms. The van der Waals surface area contributed by atoms with Crippen molar-refractivity contribution in [2.45, 2.75) is 6.42 Å².